The highest BCUT2D eigenvalue weighted by atomic mass is 16.5. The first kappa shape index (κ1) is 37.5. The topological polar surface area (TPSA) is 166 Å². The second-order valence-electron chi connectivity index (χ2n) is 7.98. The van der Waals surface area contributed by atoms with Gasteiger partial charge in [-0.1, -0.05) is 12.1 Å². The Bertz CT molecular complexity index is 908. The lowest BCUT2D eigenvalue weighted by Crippen LogP contribution is -2.37. The summed E-state index contributed by atoms with van der Waals surface area (Å²) < 4.78 is 10.1. The number of nitrogens with two attached hydrogens (primary N) is 2. The van der Waals surface area contributed by atoms with Crippen molar-refractivity contribution in [2.75, 3.05) is 83.5 Å². The van der Waals surface area contributed by atoms with Gasteiger partial charge in [0.05, 0.1) is 19.8 Å². The molecule has 1 aliphatic rings. The Labute approximate surface area is 232 Å². The quantitative estimate of drug-likeness (QED) is 0.149. The number of Topliss-reactive ketones (excluding diaryl/α,β-unsaturated/α-hetero) is 1. The van der Waals surface area contributed by atoms with E-state index in [2.05, 4.69) is 15.5 Å². The summed E-state index contributed by atoms with van der Waals surface area (Å²) in [4.78, 5) is 39.9. The molecule has 3 rings (SSSR count). The average molecular weight is 548 g/mol. The number of hydrogen-bond acceptors (Lipinski definition) is 11. The SMILES string of the molecule is C=O.C=O.CC(=O)c1cccc(N)c1.CNCCCN1CCOCC1.COCCNc1ccc(N)cc1C=O. The van der Waals surface area contributed by atoms with Gasteiger partial charge >= 0.3 is 0 Å². The molecule has 0 radical (unpaired) electrons. The van der Waals surface area contributed by atoms with Crippen LogP contribution >= 0.6 is 0 Å². The summed E-state index contributed by atoms with van der Waals surface area (Å²) in [5.41, 5.74) is 14.2. The third kappa shape index (κ3) is 19.1. The fourth-order valence-corrected chi connectivity index (χ4v) is 3.19. The molecule has 0 aliphatic carbocycles. The zero-order valence-electron chi connectivity index (χ0n) is 23.4. The smallest absolute Gasteiger partial charge is 0.159 e. The molecule has 2 aromatic carbocycles. The monoisotopic (exact) mass is 547 g/mol. The number of nitrogens with zero attached hydrogens (tertiary/aromatic N) is 1. The van der Waals surface area contributed by atoms with Crippen molar-refractivity contribution in [2.24, 2.45) is 0 Å². The standard InChI is InChI=1S/C10H14N2O2.C8H18N2O.C8H9NO.2CH2O/c1-14-5-4-12-10-3-2-9(11)6-8(10)7-13;1-9-3-2-4-10-5-7-11-8-6-10;1-6(10)7-3-2-4-8(9)5-7;2*1-2/h2-3,6-7,12H,4-5,11H2,1H3;9H,2-8H2,1H3;2-5H,9H2,1H3;2*1H2. The maximum absolute atomic E-state index is 10.7. The fourth-order valence-electron chi connectivity index (χ4n) is 3.19. The van der Waals surface area contributed by atoms with Crippen LogP contribution in [0.2, 0.25) is 0 Å². The maximum atomic E-state index is 10.7. The Kier molecular flexibility index (Phi) is 25.0. The summed E-state index contributed by atoms with van der Waals surface area (Å²) in [6.07, 6.45) is 2.03. The summed E-state index contributed by atoms with van der Waals surface area (Å²) >= 11 is 0. The minimum atomic E-state index is 0.0484. The number of carbonyl (C=O) groups is 4. The van der Waals surface area contributed by atoms with Crippen molar-refractivity contribution in [2.45, 2.75) is 13.3 Å². The van der Waals surface area contributed by atoms with Gasteiger partial charge in [-0.05, 0) is 63.8 Å². The van der Waals surface area contributed by atoms with Crippen LogP contribution in [0, 0.1) is 0 Å². The van der Waals surface area contributed by atoms with Crippen molar-refractivity contribution in [1.82, 2.24) is 10.2 Å². The number of ether oxygens (including phenoxy) is 2. The van der Waals surface area contributed by atoms with Gasteiger partial charge in [0.2, 0.25) is 0 Å². The van der Waals surface area contributed by atoms with Crippen LogP contribution in [0.3, 0.4) is 0 Å². The predicted molar refractivity (Wildman–Crippen MR) is 158 cm³/mol. The molecule has 1 fully saturated rings. The largest absolute Gasteiger partial charge is 0.399 e. The summed E-state index contributed by atoms with van der Waals surface area (Å²) in [5.74, 6) is 0.0484. The second kappa shape index (κ2) is 26.0. The van der Waals surface area contributed by atoms with Gasteiger partial charge in [-0.2, -0.15) is 0 Å². The molecule has 2 aromatic rings. The second-order valence-corrected chi connectivity index (χ2v) is 7.98. The van der Waals surface area contributed by atoms with Crippen LogP contribution in [-0.2, 0) is 19.1 Å². The van der Waals surface area contributed by atoms with Gasteiger partial charge in [0.15, 0.2) is 12.1 Å². The van der Waals surface area contributed by atoms with Gasteiger partial charge in [0.25, 0.3) is 0 Å². The van der Waals surface area contributed by atoms with E-state index in [-0.39, 0.29) is 5.78 Å². The van der Waals surface area contributed by atoms with E-state index in [9.17, 15) is 9.59 Å². The Morgan fingerprint density at radius 1 is 1.05 bits per heavy atom. The lowest BCUT2D eigenvalue weighted by molar-refractivity contribution is -0.0987. The van der Waals surface area contributed by atoms with E-state index < -0.39 is 0 Å². The zero-order chi connectivity index (χ0) is 29.9. The Morgan fingerprint density at radius 2 is 1.69 bits per heavy atom. The molecule has 0 aromatic heterocycles. The van der Waals surface area contributed by atoms with E-state index in [1.165, 1.54) is 19.9 Å². The lowest BCUT2D eigenvalue weighted by atomic mass is 10.1. The van der Waals surface area contributed by atoms with Crippen LogP contribution in [0.25, 0.3) is 0 Å². The van der Waals surface area contributed by atoms with Crippen LogP contribution in [-0.4, -0.2) is 97.2 Å². The van der Waals surface area contributed by atoms with Gasteiger partial charge in [-0.25, -0.2) is 0 Å². The fraction of sp³-hybridized carbons (Fsp3) is 0.429. The Balaban J connectivity index is 0. The van der Waals surface area contributed by atoms with Crippen LogP contribution in [0.15, 0.2) is 42.5 Å². The van der Waals surface area contributed by atoms with Crippen molar-refractivity contribution < 1.29 is 28.7 Å². The molecule has 0 atom stereocenters. The van der Waals surface area contributed by atoms with E-state index in [4.69, 9.17) is 30.5 Å². The molecule has 11 nitrogen and oxygen atoms in total. The van der Waals surface area contributed by atoms with Crippen LogP contribution in [0.5, 0.6) is 0 Å². The number of anilines is 3. The molecule has 0 unspecified atom stereocenters. The molecular formula is C28H45N5O6. The number of aldehydes is 1. The molecule has 0 amide bonds. The summed E-state index contributed by atoms with van der Waals surface area (Å²) in [7, 11) is 3.63. The average Bonchev–Trinajstić information content (AvgIpc) is 2.97. The first-order valence-corrected chi connectivity index (χ1v) is 12.4. The van der Waals surface area contributed by atoms with Crippen LogP contribution < -0.4 is 22.1 Å². The predicted octanol–water partition coefficient (Wildman–Crippen LogP) is 2.17. The number of hydrogen-bond donors (Lipinski definition) is 4. The number of nitrogen functional groups attached to an aromatic ring is 2. The van der Waals surface area contributed by atoms with E-state index in [1.807, 2.05) is 20.6 Å². The van der Waals surface area contributed by atoms with Gasteiger partial charge < -0.3 is 41.2 Å². The highest BCUT2D eigenvalue weighted by molar-refractivity contribution is 5.94. The lowest BCUT2D eigenvalue weighted by Gasteiger charge is -2.26. The number of carbonyl (C=O) groups excluding carboxylic acids is 4. The maximum Gasteiger partial charge on any atom is 0.159 e. The molecule has 0 saturated carbocycles. The molecule has 1 heterocycles. The highest BCUT2D eigenvalue weighted by Crippen LogP contribution is 2.16. The number of benzene rings is 2. The third-order valence-electron chi connectivity index (χ3n) is 5.12. The summed E-state index contributed by atoms with van der Waals surface area (Å²) in [6.45, 7) is 13.2. The molecular weight excluding hydrogens is 502 g/mol. The highest BCUT2D eigenvalue weighted by Gasteiger charge is 2.08. The van der Waals surface area contributed by atoms with Gasteiger partial charge in [-0.15, -0.1) is 0 Å². The molecule has 6 N–H and O–H groups in total. The van der Waals surface area contributed by atoms with E-state index in [0.29, 0.717) is 35.7 Å². The number of nitrogens with one attached hydrogen (secondary N) is 2. The van der Waals surface area contributed by atoms with E-state index >= 15 is 0 Å². The molecule has 1 saturated heterocycles. The van der Waals surface area contributed by atoms with E-state index in [1.54, 1.807) is 49.6 Å². The Morgan fingerprint density at radius 3 is 2.21 bits per heavy atom. The van der Waals surface area contributed by atoms with Crippen molar-refractivity contribution in [3.05, 3.63) is 53.6 Å². The van der Waals surface area contributed by atoms with Crippen molar-refractivity contribution in [3.63, 3.8) is 0 Å². The van der Waals surface area contributed by atoms with Crippen molar-refractivity contribution in [3.8, 4) is 0 Å². The summed E-state index contributed by atoms with van der Waals surface area (Å²) in [5, 5.41) is 6.23. The Hall–Kier alpha value is -3.64. The van der Waals surface area contributed by atoms with Crippen LogP contribution in [0.4, 0.5) is 17.1 Å². The minimum absolute atomic E-state index is 0.0484. The van der Waals surface area contributed by atoms with Crippen molar-refractivity contribution >= 4 is 42.7 Å². The number of methoxy groups -OCH3 is 1. The first-order chi connectivity index (χ1) is 18.9. The van der Waals surface area contributed by atoms with Crippen LogP contribution in [0.1, 0.15) is 34.1 Å². The third-order valence-corrected chi connectivity index (χ3v) is 5.12. The number of morpholine rings is 1. The molecule has 11 heteroatoms. The number of rotatable bonds is 10. The first-order valence-electron chi connectivity index (χ1n) is 12.4. The zero-order valence-corrected chi connectivity index (χ0v) is 23.4. The van der Waals surface area contributed by atoms with E-state index in [0.717, 1.165) is 44.8 Å². The molecule has 1 aliphatic heterocycles. The molecule has 218 valence electrons. The molecule has 0 bridgehead atoms. The van der Waals surface area contributed by atoms with Gasteiger partial charge in [0.1, 0.15) is 13.6 Å². The molecule has 39 heavy (non-hydrogen) atoms. The number of ketones is 1. The van der Waals surface area contributed by atoms with Gasteiger partial charge in [-0.3, -0.25) is 14.5 Å². The van der Waals surface area contributed by atoms with Gasteiger partial charge in [0, 0.05) is 54.9 Å². The minimum Gasteiger partial charge on any atom is -0.399 e. The van der Waals surface area contributed by atoms with Crippen molar-refractivity contribution in [1.29, 1.82) is 0 Å². The molecule has 0 spiro atoms. The normalized spacial score (nSPS) is 11.9. The summed E-state index contributed by atoms with van der Waals surface area (Å²) in [6, 6.07) is 12.1.